The molecule has 4 rings (SSSR count). The number of allylic oxidation sites excluding steroid dienone is 1. The summed E-state index contributed by atoms with van der Waals surface area (Å²) < 4.78 is 11.6. The van der Waals surface area contributed by atoms with Gasteiger partial charge in [-0.3, -0.25) is 4.79 Å². The van der Waals surface area contributed by atoms with Gasteiger partial charge >= 0.3 is 0 Å². The van der Waals surface area contributed by atoms with Crippen molar-refractivity contribution in [2.75, 3.05) is 7.11 Å². The molecule has 3 aromatic rings. The quantitative estimate of drug-likeness (QED) is 0.474. The molecule has 0 atom stereocenters. The first-order chi connectivity index (χ1) is 14.5. The van der Waals surface area contributed by atoms with Crippen LogP contribution in [0.15, 0.2) is 47.1 Å². The van der Waals surface area contributed by atoms with Gasteiger partial charge in [-0.15, -0.1) is 0 Å². The lowest BCUT2D eigenvalue weighted by Gasteiger charge is -2.14. The van der Waals surface area contributed by atoms with Crippen molar-refractivity contribution in [1.29, 1.82) is 0 Å². The summed E-state index contributed by atoms with van der Waals surface area (Å²) >= 11 is 6.05. The first-order valence-electron chi connectivity index (χ1n) is 10.3. The zero-order valence-corrected chi connectivity index (χ0v) is 18.3. The third-order valence-corrected chi connectivity index (χ3v) is 6.13. The monoisotopic (exact) mass is 423 g/mol. The molecule has 1 aliphatic carbocycles. The number of benzene rings is 2. The molecule has 1 aliphatic rings. The van der Waals surface area contributed by atoms with Crippen molar-refractivity contribution in [3.05, 3.63) is 58.8 Å². The van der Waals surface area contributed by atoms with E-state index in [4.69, 9.17) is 20.8 Å². The number of hydrogen-bond donors (Lipinski definition) is 1. The molecule has 0 unspecified atom stereocenters. The van der Waals surface area contributed by atoms with Gasteiger partial charge in [0.1, 0.15) is 11.3 Å². The largest absolute Gasteiger partial charge is 0.496 e. The molecule has 0 spiro atoms. The molecule has 0 saturated heterocycles. The normalized spacial score (nSPS) is 15.0. The number of halogens is 1. The molecule has 1 saturated carbocycles. The van der Waals surface area contributed by atoms with Crippen LogP contribution in [0.1, 0.15) is 43.7 Å². The summed E-state index contributed by atoms with van der Waals surface area (Å²) in [5.41, 5.74) is 5.44. The van der Waals surface area contributed by atoms with Crippen LogP contribution >= 0.6 is 11.6 Å². The fourth-order valence-corrected chi connectivity index (χ4v) is 4.44. The number of furan rings is 1. The van der Waals surface area contributed by atoms with Crippen molar-refractivity contribution in [2.45, 2.75) is 45.6 Å². The van der Waals surface area contributed by atoms with Gasteiger partial charge in [0.05, 0.1) is 13.4 Å². The fourth-order valence-electron chi connectivity index (χ4n) is 4.31. The third kappa shape index (κ3) is 3.97. The third-order valence-electron chi connectivity index (χ3n) is 5.88. The Hall–Kier alpha value is -2.72. The maximum atomic E-state index is 12.5. The zero-order chi connectivity index (χ0) is 21.3. The Balaban J connectivity index is 1.76. The van der Waals surface area contributed by atoms with E-state index in [2.05, 4.69) is 5.32 Å². The van der Waals surface area contributed by atoms with E-state index in [-0.39, 0.29) is 11.9 Å². The van der Waals surface area contributed by atoms with Gasteiger partial charge in [-0.2, -0.15) is 0 Å². The number of hydrogen-bond acceptors (Lipinski definition) is 3. The average molecular weight is 424 g/mol. The summed E-state index contributed by atoms with van der Waals surface area (Å²) in [6.45, 7) is 3.92. The second-order valence-corrected chi connectivity index (χ2v) is 8.37. The predicted octanol–water partition coefficient (Wildman–Crippen LogP) is 6.53. The molecule has 30 heavy (non-hydrogen) atoms. The van der Waals surface area contributed by atoms with Crippen LogP contribution in [0.4, 0.5) is 0 Å². The van der Waals surface area contributed by atoms with E-state index in [1.165, 1.54) is 12.8 Å². The number of fused-ring (bicyclic) bond motifs is 1. The van der Waals surface area contributed by atoms with Crippen molar-refractivity contribution in [3.8, 4) is 16.9 Å². The van der Waals surface area contributed by atoms with E-state index < -0.39 is 0 Å². The Kier molecular flexibility index (Phi) is 5.87. The van der Waals surface area contributed by atoms with Crippen molar-refractivity contribution in [3.63, 3.8) is 0 Å². The minimum absolute atomic E-state index is 0.0516. The average Bonchev–Trinajstić information content (AvgIpc) is 3.38. The fraction of sp³-hybridized carbons (Fsp3) is 0.320. The molecule has 5 heteroatoms. The van der Waals surface area contributed by atoms with Gasteiger partial charge in [-0.05, 0) is 56.0 Å². The lowest BCUT2D eigenvalue weighted by atomic mass is 9.96. The van der Waals surface area contributed by atoms with Gasteiger partial charge < -0.3 is 14.5 Å². The molecule has 1 N–H and O–H groups in total. The molecule has 156 valence electrons. The second-order valence-electron chi connectivity index (χ2n) is 7.93. The van der Waals surface area contributed by atoms with Crippen LogP contribution in [-0.2, 0) is 4.79 Å². The number of rotatable bonds is 5. The van der Waals surface area contributed by atoms with Crippen LogP contribution < -0.4 is 10.1 Å². The van der Waals surface area contributed by atoms with Gasteiger partial charge in [0, 0.05) is 39.2 Å². The van der Waals surface area contributed by atoms with Crippen molar-refractivity contribution < 1.29 is 13.9 Å². The van der Waals surface area contributed by atoms with Crippen molar-refractivity contribution in [1.82, 2.24) is 5.32 Å². The van der Waals surface area contributed by atoms with E-state index in [1.54, 1.807) is 19.4 Å². The van der Waals surface area contributed by atoms with Crippen LogP contribution in [0.25, 0.3) is 27.7 Å². The minimum atomic E-state index is -0.0516. The maximum absolute atomic E-state index is 12.5. The highest BCUT2D eigenvalue weighted by atomic mass is 35.5. The van der Waals surface area contributed by atoms with Gasteiger partial charge in [-0.25, -0.2) is 0 Å². The Morgan fingerprint density at radius 1 is 1.23 bits per heavy atom. The summed E-state index contributed by atoms with van der Waals surface area (Å²) in [6, 6.07) is 10.0. The van der Waals surface area contributed by atoms with Gasteiger partial charge in [0.2, 0.25) is 5.91 Å². The number of carbonyl (C=O) groups is 1. The molecular formula is C25H26ClNO3. The van der Waals surface area contributed by atoms with E-state index in [0.29, 0.717) is 5.02 Å². The highest BCUT2D eigenvalue weighted by Crippen LogP contribution is 2.40. The number of methoxy groups -OCH3 is 1. The first kappa shape index (κ1) is 20.5. The second kappa shape index (κ2) is 8.57. The number of aryl methyl sites for hydroxylation is 1. The molecule has 0 aliphatic heterocycles. The van der Waals surface area contributed by atoms with E-state index in [0.717, 1.165) is 57.4 Å². The van der Waals surface area contributed by atoms with Crippen LogP contribution in [0.3, 0.4) is 0 Å². The smallest absolute Gasteiger partial charge is 0.244 e. The van der Waals surface area contributed by atoms with Gasteiger partial charge in [0.15, 0.2) is 0 Å². The minimum Gasteiger partial charge on any atom is -0.496 e. The predicted molar refractivity (Wildman–Crippen MR) is 122 cm³/mol. The van der Waals surface area contributed by atoms with Crippen molar-refractivity contribution in [2.24, 2.45) is 0 Å². The Labute approximate surface area is 181 Å². The van der Waals surface area contributed by atoms with E-state index in [1.807, 2.05) is 44.2 Å². The molecular weight excluding hydrogens is 398 g/mol. The summed E-state index contributed by atoms with van der Waals surface area (Å²) in [6.07, 6.45) is 7.93. The van der Waals surface area contributed by atoms with Crippen LogP contribution in [-0.4, -0.2) is 19.1 Å². The number of carbonyl (C=O) groups excluding carboxylic acids is 1. The molecule has 1 amide bonds. The maximum Gasteiger partial charge on any atom is 0.244 e. The first-order valence-corrected chi connectivity index (χ1v) is 10.7. The molecule has 1 fully saturated rings. The summed E-state index contributed by atoms with van der Waals surface area (Å²) in [5.74, 6) is 0.672. The van der Waals surface area contributed by atoms with E-state index >= 15 is 0 Å². The number of nitrogens with one attached hydrogen (secondary N) is 1. The zero-order valence-electron chi connectivity index (χ0n) is 17.5. The molecule has 0 bridgehead atoms. The lowest BCUT2D eigenvalue weighted by Crippen LogP contribution is -2.31. The summed E-state index contributed by atoms with van der Waals surface area (Å²) in [7, 11) is 1.65. The molecule has 1 aromatic heterocycles. The summed E-state index contributed by atoms with van der Waals surface area (Å²) in [4.78, 5) is 12.5. The Morgan fingerprint density at radius 3 is 2.60 bits per heavy atom. The Morgan fingerprint density at radius 2 is 1.93 bits per heavy atom. The molecule has 1 heterocycles. The van der Waals surface area contributed by atoms with E-state index in [9.17, 15) is 4.79 Å². The van der Waals surface area contributed by atoms with Crippen molar-refractivity contribution >= 4 is 34.1 Å². The molecule has 2 aromatic carbocycles. The van der Waals surface area contributed by atoms with Crippen LogP contribution in [0.2, 0.25) is 5.02 Å². The standard InChI is InChI=1S/C25H26ClNO3/c1-15(12-23(28)27-19-6-4-5-7-19)20-13-21-22(17-8-10-18(26)11-9-17)14-30-25(21)16(2)24(20)29-3/h8-14,19H,4-7H2,1-3H3,(H,27,28)/b15-12+. The molecule has 4 nitrogen and oxygen atoms in total. The summed E-state index contributed by atoms with van der Waals surface area (Å²) in [5, 5.41) is 4.79. The highest BCUT2D eigenvalue weighted by molar-refractivity contribution is 6.30. The van der Waals surface area contributed by atoms with Gasteiger partial charge in [-0.1, -0.05) is 36.6 Å². The van der Waals surface area contributed by atoms with Crippen LogP contribution in [0, 0.1) is 6.92 Å². The SMILES string of the molecule is COc1c(/C(C)=C/C(=O)NC2CCCC2)cc2c(-c3ccc(Cl)cc3)coc2c1C. The molecule has 0 radical (unpaired) electrons. The highest BCUT2D eigenvalue weighted by Gasteiger charge is 2.20. The van der Waals surface area contributed by atoms with Crippen LogP contribution in [0.5, 0.6) is 5.75 Å². The topological polar surface area (TPSA) is 51.5 Å². The number of ether oxygens (including phenoxy) is 1. The van der Waals surface area contributed by atoms with Gasteiger partial charge in [0.25, 0.3) is 0 Å². The Bertz CT molecular complexity index is 1110. The lowest BCUT2D eigenvalue weighted by molar-refractivity contribution is -0.117. The number of amides is 1.